The van der Waals surface area contributed by atoms with Gasteiger partial charge in [0.05, 0.1) is 19.2 Å². The minimum atomic E-state index is -0.274. The summed E-state index contributed by atoms with van der Waals surface area (Å²) in [5, 5.41) is 9.70. The van der Waals surface area contributed by atoms with Crippen molar-refractivity contribution in [1.29, 1.82) is 0 Å². The van der Waals surface area contributed by atoms with E-state index in [4.69, 9.17) is 4.74 Å². The molecule has 112 valence electrons. The maximum absolute atomic E-state index is 12.4. The molecule has 5 nitrogen and oxygen atoms in total. The summed E-state index contributed by atoms with van der Waals surface area (Å²) in [7, 11) is 1.48. The molecule has 0 radical (unpaired) electrons. The molecule has 0 saturated heterocycles. The normalized spacial score (nSPS) is 10.9. The van der Waals surface area contributed by atoms with Gasteiger partial charge in [-0.05, 0) is 29.8 Å². The van der Waals surface area contributed by atoms with Crippen LogP contribution in [-0.2, 0) is 6.61 Å². The highest BCUT2D eigenvalue weighted by Crippen LogP contribution is 2.25. The number of aliphatic hydroxyl groups is 1. The molecule has 6 heteroatoms. The van der Waals surface area contributed by atoms with Gasteiger partial charge in [0, 0.05) is 10.0 Å². The van der Waals surface area contributed by atoms with E-state index in [9.17, 15) is 9.90 Å². The van der Waals surface area contributed by atoms with Crippen LogP contribution < -0.4 is 10.3 Å². The molecule has 0 aliphatic rings. The number of aromatic nitrogens is 2. The number of nitrogens with zero attached hydrogens (tertiary/aromatic N) is 1. The fourth-order valence-corrected chi connectivity index (χ4v) is 2.55. The average molecular weight is 361 g/mol. The van der Waals surface area contributed by atoms with Gasteiger partial charge in [0.2, 0.25) is 0 Å². The predicted molar refractivity (Wildman–Crippen MR) is 88.0 cm³/mol. The molecule has 0 saturated carbocycles. The van der Waals surface area contributed by atoms with Crippen molar-refractivity contribution in [2.45, 2.75) is 6.61 Å². The number of nitrogens with one attached hydrogen (secondary N) is 1. The van der Waals surface area contributed by atoms with Gasteiger partial charge in [0.15, 0.2) is 0 Å². The standard InChI is InChI=1S/C16H13BrN2O3/c1-22-13-7-9(8-20)6-12-14(13)16(21)19-15(18-12)10-2-4-11(17)5-3-10/h2-7,20H,8H2,1H3,(H,18,19,21). The Bertz CT molecular complexity index is 888. The Balaban J connectivity index is 2.27. The molecule has 0 atom stereocenters. The molecule has 0 amide bonds. The summed E-state index contributed by atoms with van der Waals surface area (Å²) in [4.78, 5) is 19.6. The van der Waals surface area contributed by atoms with Crippen molar-refractivity contribution in [3.05, 3.63) is 56.8 Å². The molecule has 0 aliphatic carbocycles. The fourth-order valence-electron chi connectivity index (χ4n) is 2.29. The predicted octanol–water partition coefficient (Wildman–Crippen LogP) is 2.85. The number of aliphatic hydroxyl groups excluding tert-OH is 1. The summed E-state index contributed by atoms with van der Waals surface area (Å²) < 4.78 is 6.18. The van der Waals surface area contributed by atoms with E-state index >= 15 is 0 Å². The van der Waals surface area contributed by atoms with Crippen LogP contribution in [0.15, 0.2) is 45.7 Å². The average Bonchev–Trinajstić information content (AvgIpc) is 2.54. The van der Waals surface area contributed by atoms with Crippen LogP contribution in [0.2, 0.25) is 0 Å². The molecule has 0 aliphatic heterocycles. The summed E-state index contributed by atoms with van der Waals surface area (Å²) >= 11 is 3.37. The Kier molecular flexibility index (Phi) is 3.96. The Morgan fingerprint density at radius 2 is 2.00 bits per heavy atom. The van der Waals surface area contributed by atoms with Crippen molar-refractivity contribution in [2.24, 2.45) is 0 Å². The maximum Gasteiger partial charge on any atom is 0.262 e. The van der Waals surface area contributed by atoms with Gasteiger partial charge in [-0.3, -0.25) is 4.79 Å². The number of ether oxygens (including phenoxy) is 1. The first-order chi connectivity index (χ1) is 10.6. The summed E-state index contributed by atoms with van der Waals surface area (Å²) in [5.74, 6) is 0.875. The zero-order valence-corrected chi connectivity index (χ0v) is 13.3. The van der Waals surface area contributed by atoms with Crippen LogP contribution in [0.1, 0.15) is 5.56 Å². The van der Waals surface area contributed by atoms with E-state index in [0.29, 0.717) is 28.0 Å². The first-order valence-electron chi connectivity index (χ1n) is 6.60. The van der Waals surface area contributed by atoms with E-state index in [0.717, 1.165) is 10.0 Å². The van der Waals surface area contributed by atoms with Gasteiger partial charge in [-0.25, -0.2) is 4.98 Å². The number of hydrogen-bond donors (Lipinski definition) is 2. The van der Waals surface area contributed by atoms with Crippen LogP contribution in [-0.4, -0.2) is 22.2 Å². The van der Waals surface area contributed by atoms with Gasteiger partial charge in [0.25, 0.3) is 5.56 Å². The number of fused-ring (bicyclic) bond motifs is 1. The Morgan fingerprint density at radius 3 is 2.64 bits per heavy atom. The molecule has 2 N–H and O–H groups in total. The van der Waals surface area contributed by atoms with Crippen molar-refractivity contribution in [2.75, 3.05) is 7.11 Å². The van der Waals surface area contributed by atoms with Crippen molar-refractivity contribution in [1.82, 2.24) is 9.97 Å². The third kappa shape index (κ3) is 2.63. The SMILES string of the molecule is COc1cc(CO)cc2nc(-c3ccc(Br)cc3)[nH]c(=O)c12. The molecular weight excluding hydrogens is 348 g/mol. The highest BCUT2D eigenvalue weighted by Gasteiger charge is 2.12. The van der Waals surface area contributed by atoms with Crippen LogP contribution in [0, 0.1) is 0 Å². The van der Waals surface area contributed by atoms with E-state index < -0.39 is 0 Å². The Morgan fingerprint density at radius 1 is 1.27 bits per heavy atom. The third-order valence-corrected chi connectivity index (χ3v) is 3.88. The van der Waals surface area contributed by atoms with Crippen LogP contribution in [0.5, 0.6) is 5.75 Å². The molecule has 0 fully saturated rings. The van der Waals surface area contributed by atoms with Crippen LogP contribution >= 0.6 is 15.9 Å². The van der Waals surface area contributed by atoms with Gasteiger partial charge >= 0.3 is 0 Å². The zero-order chi connectivity index (χ0) is 15.7. The number of rotatable bonds is 3. The van der Waals surface area contributed by atoms with Gasteiger partial charge in [-0.2, -0.15) is 0 Å². The Labute approximate surface area is 134 Å². The zero-order valence-electron chi connectivity index (χ0n) is 11.8. The van der Waals surface area contributed by atoms with Crippen LogP contribution in [0.4, 0.5) is 0 Å². The summed E-state index contributed by atoms with van der Waals surface area (Å²) in [5.41, 5.74) is 1.66. The summed E-state index contributed by atoms with van der Waals surface area (Å²) in [6.45, 7) is -0.144. The molecular formula is C16H13BrN2O3. The number of H-pyrrole nitrogens is 1. The van der Waals surface area contributed by atoms with E-state index in [-0.39, 0.29) is 12.2 Å². The minimum absolute atomic E-state index is 0.144. The summed E-state index contributed by atoms with van der Waals surface area (Å²) in [6.07, 6.45) is 0. The minimum Gasteiger partial charge on any atom is -0.496 e. The van der Waals surface area contributed by atoms with Gasteiger partial charge in [-0.1, -0.05) is 28.1 Å². The second kappa shape index (κ2) is 5.90. The summed E-state index contributed by atoms with van der Waals surface area (Å²) in [6, 6.07) is 10.8. The molecule has 0 spiro atoms. The Hall–Kier alpha value is -2.18. The lowest BCUT2D eigenvalue weighted by Crippen LogP contribution is -2.11. The van der Waals surface area contributed by atoms with Crippen LogP contribution in [0.3, 0.4) is 0 Å². The molecule has 3 aromatic rings. The first-order valence-corrected chi connectivity index (χ1v) is 7.39. The second-order valence-electron chi connectivity index (χ2n) is 4.77. The van der Waals surface area contributed by atoms with E-state index in [1.54, 1.807) is 12.1 Å². The van der Waals surface area contributed by atoms with E-state index in [1.807, 2.05) is 24.3 Å². The molecule has 2 aromatic carbocycles. The van der Waals surface area contributed by atoms with Crippen molar-refractivity contribution in [3.8, 4) is 17.1 Å². The number of methoxy groups -OCH3 is 1. The molecule has 3 rings (SSSR count). The molecule has 1 aromatic heterocycles. The van der Waals surface area contributed by atoms with Crippen molar-refractivity contribution in [3.63, 3.8) is 0 Å². The highest BCUT2D eigenvalue weighted by molar-refractivity contribution is 9.10. The fraction of sp³-hybridized carbons (Fsp3) is 0.125. The first kappa shape index (κ1) is 14.7. The monoisotopic (exact) mass is 360 g/mol. The topological polar surface area (TPSA) is 75.2 Å². The number of hydrogen-bond acceptors (Lipinski definition) is 4. The van der Waals surface area contributed by atoms with E-state index in [1.165, 1.54) is 7.11 Å². The van der Waals surface area contributed by atoms with Gasteiger partial charge in [-0.15, -0.1) is 0 Å². The molecule has 22 heavy (non-hydrogen) atoms. The number of benzene rings is 2. The highest BCUT2D eigenvalue weighted by atomic mass is 79.9. The maximum atomic E-state index is 12.4. The molecule has 0 unspecified atom stereocenters. The second-order valence-corrected chi connectivity index (χ2v) is 5.69. The van der Waals surface area contributed by atoms with Crippen LogP contribution in [0.25, 0.3) is 22.3 Å². The largest absolute Gasteiger partial charge is 0.496 e. The van der Waals surface area contributed by atoms with Crippen molar-refractivity contribution < 1.29 is 9.84 Å². The quantitative estimate of drug-likeness (QED) is 0.752. The third-order valence-electron chi connectivity index (χ3n) is 3.35. The van der Waals surface area contributed by atoms with Gasteiger partial charge in [0.1, 0.15) is 17.0 Å². The van der Waals surface area contributed by atoms with Gasteiger partial charge < -0.3 is 14.8 Å². The lowest BCUT2D eigenvalue weighted by molar-refractivity contribution is 0.281. The molecule has 0 bridgehead atoms. The number of aromatic amines is 1. The lowest BCUT2D eigenvalue weighted by Gasteiger charge is -2.09. The van der Waals surface area contributed by atoms with E-state index in [2.05, 4.69) is 25.9 Å². The molecule has 1 heterocycles. The van der Waals surface area contributed by atoms with Crippen molar-refractivity contribution >= 4 is 26.8 Å². The smallest absolute Gasteiger partial charge is 0.262 e. The number of halogens is 1. The lowest BCUT2D eigenvalue weighted by atomic mass is 10.1.